The van der Waals surface area contributed by atoms with Crippen LogP contribution in [0.2, 0.25) is 5.15 Å². The second-order valence-electron chi connectivity index (χ2n) is 4.98. The van der Waals surface area contributed by atoms with E-state index in [1.807, 2.05) is 30.3 Å². The average Bonchev–Trinajstić information content (AvgIpc) is 3.12. The van der Waals surface area contributed by atoms with E-state index >= 15 is 0 Å². The molecule has 0 aliphatic rings. The van der Waals surface area contributed by atoms with E-state index in [1.54, 1.807) is 18.4 Å². The van der Waals surface area contributed by atoms with Gasteiger partial charge in [0.15, 0.2) is 0 Å². The van der Waals surface area contributed by atoms with Crippen LogP contribution in [-0.4, -0.2) is 21.6 Å². The molecule has 8 heteroatoms. The number of primary amides is 1. The van der Waals surface area contributed by atoms with Crippen molar-refractivity contribution in [3.63, 3.8) is 0 Å². The van der Waals surface area contributed by atoms with Crippen LogP contribution in [0.3, 0.4) is 0 Å². The first-order chi connectivity index (χ1) is 11.5. The number of para-hydroxylation sites is 1. The third kappa shape index (κ3) is 2.91. The number of anilines is 1. The van der Waals surface area contributed by atoms with Crippen LogP contribution >= 0.6 is 22.9 Å². The van der Waals surface area contributed by atoms with Crippen LogP contribution in [0.25, 0.3) is 5.69 Å². The quantitative estimate of drug-likeness (QED) is 0.748. The Bertz CT molecular complexity index is 918. The highest BCUT2D eigenvalue weighted by Crippen LogP contribution is 2.27. The molecule has 0 fully saturated rings. The molecule has 0 bridgehead atoms. The van der Waals surface area contributed by atoms with Crippen LogP contribution in [-0.2, 0) is 0 Å². The molecule has 6 nitrogen and oxygen atoms in total. The van der Waals surface area contributed by atoms with Crippen LogP contribution in [0.5, 0.6) is 0 Å². The molecule has 2 heterocycles. The van der Waals surface area contributed by atoms with Gasteiger partial charge < -0.3 is 11.1 Å². The molecule has 3 aromatic rings. The molecule has 0 saturated carbocycles. The zero-order chi connectivity index (χ0) is 17.3. The maximum Gasteiger partial charge on any atom is 0.261 e. The summed E-state index contributed by atoms with van der Waals surface area (Å²) in [4.78, 5) is 23.9. The lowest BCUT2D eigenvalue weighted by atomic mass is 10.2. The van der Waals surface area contributed by atoms with Crippen molar-refractivity contribution in [2.45, 2.75) is 6.92 Å². The van der Waals surface area contributed by atoms with E-state index in [-0.39, 0.29) is 16.3 Å². The van der Waals surface area contributed by atoms with Crippen LogP contribution in [0, 0.1) is 6.92 Å². The fraction of sp³-hybridized carbons (Fsp3) is 0.0625. The van der Waals surface area contributed by atoms with Gasteiger partial charge in [-0.05, 0) is 30.5 Å². The number of rotatable bonds is 4. The van der Waals surface area contributed by atoms with Crippen LogP contribution in [0.15, 0.2) is 41.8 Å². The highest BCUT2D eigenvalue weighted by Gasteiger charge is 2.22. The molecule has 3 N–H and O–H groups in total. The SMILES string of the molecule is Cc1nn(-c2ccccc2)c(Cl)c1C(=O)Nc1sccc1C(N)=O. The van der Waals surface area contributed by atoms with E-state index in [4.69, 9.17) is 17.3 Å². The number of hydrogen-bond donors (Lipinski definition) is 2. The molecular formula is C16H13ClN4O2S. The van der Waals surface area contributed by atoms with Gasteiger partial charge in [0, 0.05) is 0 Å². The minimum absolute atomic E-state index is 0.202. The second kappa shape index (κ2) is 6.46. The van der Waals surface area contributed by atoms with E-state index in [0.29, 0.717) is 10.7 Å². The largest absolute Gasteiger partial charge is 0.366 e. The fourth-order valence-electron chi connectivity index (χ4n) is 2.26. The van der Waals surface area contributed by atoms with Crippen molar-refractivity contribution in [1.82, 2.24) is 9.78 Å². The average molecular weight is 361 g/mol. The molecule has 0 aliphatic carbocycles. The predicted octanol–water partition coefficient (Wildman–Crippen LogP) is 3.25. The Kier molecular flexibility index (Phi) is 4.37. The second-order valence-corrected chi connectivity index (χ2v) is 6.25. The number of nitrogens with one attached hydrogen (secondary N) is 1. The van der Waals surface area contributed by atoms with Gasteiger partial charge in [-0.15, -0.1) is 11.3 Å². The Hall–Kier alpha value is -2.64. The zero-order valence-electron chi connectivity index (χ0n) is 12.6. The number of carbonyl (C=O) groups excluding carboxylic acids is 2. The molecule has 0 saturated heterocycles. The Balaban J connectivity index is 1.95. The standard InChI is InChI=1S/C16H13ClN4O2S/c1-9-12(13(17)21(20-9)10-5-3-2-4-6-10)15(23)19-16-11(14(18)22)7-8-24-16/h2-8H,1H3,(H2,18,22)(H,19,23). The van der Waals surface area contributed by atoms with Gasteiger partial charge in [-0.2, -0.15) is 5.10 Å². The lowest BCUT2D eigenvalue weighted by Crippen LogP contribution is -2.17. The Morgan fingerprint density at radius 1 is 1.25 bits per heavy atom. The Labute approximate surface area is 146 Å². The first-order valence-electron chi connectivity index (χ1n) is 6.98. The zero-order valence-corrected chi connectivity index (χ0v) is 14.2. The number of hydrogen-bond acceptors (Lipinski definition) is 4. The van der Waals surface area contributed by atoms with Crippen LogP contribution < -0.4 is 11.1 Å². The third-order valence-corrected chi connectivity index (χ3v) is 4.57. The summed E-state index contributed by atoms with van der Waals surface area (Å²) in [6.45, 7) is 1.70. The van der Waals surface area contributed by atoms with Gasteiger partial charge in [-0.1, -0.05) is 29.8 Å². The van der Waals surface area contributed by atoms with E-state index in [1.165, 1.54) is 16.0 Å². The number of halogens is 1. The minimum Gasteiger partial charge on any atom is -0.366 e. The molecule has 24 heavy (non-hydrogen) atoms. The van der Waals surface area contributed by atoms with Crippen molar-refractivity contribution in [2.24, 2.45) is 5.73 Å². The highest BCUT2D eigenvalue weighted by atomic mass is 35.5. The molecule has 3 rings (SSSR count). The molecular weight excluding hydrogens is 348 g/mol. The third-order valence-electron chi connectivity index (χ3n) is 3.39. The van der Waals surface area contributed by atoms with Crippen molar-refractivity contribution >= 4 is 39.8 Å². The lowest BCUT2D eigenvalue weighted by molar-refractivity contribution is 0.100. The van der Waals surface area contributed by atoms with E-state index in [9.17, 15) is 9.59 Å². The van der Waals surface area contributed by atoms with Gasteiger partial charge in [0.25, 0.3) is 11.8 Å². The molecule has 0 spiro atoms. The molecule has 122 valence electrons. The summed E-state index contributed by atoms with van der Waals surface area (Å²) in [6, 6.07) is 10.8. The number of nitrogens with zero attached hydrogens (tertiary/aromatic N) is 2. The molecule has 0 atom stereocenters. The monoisotopic (exact) mass is 360 g/mol. The first kappa shape index (κ1) is 16.2. The molecule has 0 radical (unpaired) electrons. The summed E-state index contributed by atoms with van der Waals surface area (Å²) in [7, 11) is 0. The smallest absolute Gasteiger partial charge is 0.261 e. The maximum atomic E-state index is 12.6. The Morgan fingerprint density at radius 2 is 1.96 bits per heavy atom. The number of nitrogens with two attached hydrogens (primary N) is 1. The summed E-state index contributed by atoms with van der Waals surface area (Å²) in [6.07, 6.45) is 0. The minimum atomic E-state index is -0.602. The normalized spacial score (nSPS) is 10.6. The predicted molar refractivity (Wildman–Crippen MR) is 94.1 cm³/mol. The number of aromatic nitrogens is 2. The summed E-state index contributed by atoms with van der Waals surface area (Å²) in [5.41, 5.74) is 7.04. The van der Waals surface area contributed by atoms with Crippen molar-refractivity contribution in [1.29, 1.82) is 0 Å². The number of benzene rings is 1. The fourth-order valence-corrected chi connectivity index (χ4v) is 3.41. The highest BCUT2D eigenvalue weighted by molar-refractivity contribution is 7.14. The molecule has 2 amide bonds. The summed E-state index contributed by atoms with van der Waals surface area (Å²) in [5.74, 6) is -1.04. The van der Waals surface area contributed by atoms with Gasteiger partial charge in [-0.3, -0.25) is 9.59 Å². The lowest BCUT2D eigenvalue weighted by Gasteiger charge is -2.05. The number of amides is 2. The van der Waals surface area contributed by atoms with E-state index in [2.05, 4.69) is 10.4 Å². The topological polar surface area (TPSA) is 90.0 Å². The van der Waals surface area contributed by atoms with Crippen molar-refractivity contribution in [3.8, 4) is 5.69 Å². The van der Waals surface area contributed by atoms with Gasteiger partial charge in [0.1, 0.15) is 15.7 Å². The summed E-state index contributed by atoms with van der Waals surface area (Å²) in [5, 5.41) is 9.26. The van der Waals surface area contributed by atoms with Crippen molar-refractivity contribution < 1.29 is 9.59 Å². The van der Waals surface area contributed by atoms with Gasteiger partial charge in [-0.25, -0.2) is 4.68 Å². The molecule has 1 aromatic carbocycles. The number of aryl methyl sites for hydroxylation is 1. The number of carbonyl (C=O) groups is 2. The van der Waals surface area contributed by atoms with Gasteiger partial charge in [0.2, 0.25) is 0 Å². The maximum absolute atomic E-state index is 12.6. The van der Waals surface area contributed by atoms with Gasteiger partial charge in [0.05, 0.1) is 16.9 Å². The van der Waals surface area contributed by atoms with E-state index in [0.717, 1.165) is 5.69 Å². The molecule has 2 aromatic heterocycles. The van der Waals surface area contributed by atoms with Crippen molar-refractivity contribution in [3.05, 3.63) is 63.8 Å². The summed E-state index contributed by atoms with van der Waals surface area (Å²) >= 11 is 7.57. The summed E-state index contributed by atoms with van der Waals surface area (Å²) < 4.78 is 1.50. The molecule has 0 aliphatic heterocycles. The Morgan fingerprint density at radius 3 is 2.62 bits per heavy atom. The van der Waals surface area contributed by atoms with Crippen LogP contribution in [0.4, 0.5) is 5.00 Å². The number of thiophene rings is 1. The molecule has 0 unspecified atom stereocenters. The van der Waals surface area contributed by atoms with Gasteiger partial charge >= 0.3 is 0 Å². The van der Waals surface area contributed by atoms with Crippen LogP contribution in [0.1, 0.15) is 26.4 Å². The van der Waals surface area contributed by atoms with Crippen molar-refractivity contribution in [2.75, 3.05) is 5.32 Å². The first-order valence-corrected chi connectivity index (χ1v) is 8.24. The van der Waals surface area contributed by atoms with E-state index < -0.39 is 11.8 Å².